The van der Waals surface area contributed by atoms with Crippen LogP contribution >= 0.6 is 0 Å². The first-order chi connectivity index (χ1) is 6.16. The van der Waals surface area contributed by atoms with E-state index < -0.39 is 0 Å². The van der Waals surface area contributed by atoms with Gasteiger partial charge in [-0.2, -0.15) is 0 Å². The van der Waals surface area contributed by atoms with Crippen LogP contribution in [0.1, 0.15) is 11.1 Å². The Morgan fingerprint density at radius 3 is 3.00 bits per heavy atom. The number of anilines is 1. The second-order valence-electron chi connectivity index (χ2n) is 3.45. The van der Waals surface area contributed by atoms with Gasteiger partial charge in [-0.3, -0.25) is 0 Å². The third-order valence-corrected chi connectivity index (χ3v) is 2.26. The van der Waals surface area contributed by atoms with Crippen molar-refractivity contribution in [3.8, 4) is 0 Å². The molecule has 0 radical (unpaired) electrons. The minimum absolute atomic E-state index is 0.0312. The highest BCUT2D eigenvalue weighted by Gasteiger charge is 2.18. The predicted octanol–water partition coefficient (Wildman–Crippen LogP) is 1.97. The summed E-state index contributed by atoms with van der Waals surface area (Å²) in [5.41, 5.74) is 3.35. The first-order valence-electron chi connectivity index (χ1n) is 4.28. The maximum Gasteiger partial charge on any atom is 0.321 e. The number of rotatable bonds is 0. The minimum atomic E-state index is -0.0312. The molecule has 0 saturated heterocycles. The second-order valence-corrected chi connectivity index (χ2v) is 3.45. The average Bonchev–Trinajstić information content (AvgIpc) is 2.08. The summed E-state index contributed by atoms with van der Waals surface area (Å²) in [6.45, 7) is 2.75. The summed E-state index contributed by atoms with van der Waals surface area (Å²) in [7, 11) is 1.79. The lowest BCUT2D eigenvalue weighted by atomic mass is 10.1. The molecule has 1 aliphatic heterocycles. The molecule has 0 unspecified atom stereocenters. The molecule has 3 nitrogen and oxygen atoms in total. The van der Waals surface area contributed by atoms with E-state index in [1.165, 1.54) is 11.1 Å². The molecule has 2 rings (SSSR count). The Balaban J connectivity index is 2.42. The lowest BCUT2D eigenvalue weighted by Gasteiger charge is -2.26. The highest BCUT2D eigenvalue weighted by molar-refractivity contribution is 5.92. The fraction of sp³-hybridized carbons (Fsp3) is 0.300. The molecular weight excluding hydrogens is 164 g/mol. The van der Waals surface area contributed by atoms with Crippen LogP contribution in [0.15, 0.2) is 18.2 Å². The van der Waals surface area contributed by atoms with Crippen LogP contribution in [0.5, 0.6) is 0 Å². The molecule has 0 aromatic heterocycles. The van der Waals surface area contributed by atoms with Crippen LogP contribution < -0.4 is 5.32 Å². The number of nitrogens with one attached hydrogen (secondary N) is 1. The number of fused-ring (bicyclic) bond motifs is 1. The van der Waals surface area contributed by atoms with Gasteiger partial charge in [-0.1, -0.05) is 17.7 Å². The van der Waals surface area contributed by atoms with E-state index in [1.54, 1.807) is 11.9 Å². The van der Waals surface area contributed by atoms with Crippen molar-refractivity contribution in [2.75, 3.05) is 12.4 Å². The van der Waals surface area contributed by atoms with E-state index in [0.717, 1.165) is 5.69 Å². The molecule has 68 valence electrons. The molecule has 3 heteroatoms. The standard InChI is InChI=1S/C10H12N2O/c1-7-3-4-9-8(5-7)6-12(2)10(13)11-9/h3-5H,6H2,1-2H3,(H,11,13). The van der Waals surface area contributed by atoms with Gasteiger partial charge in [-0.05, 0) is 18.6 Å². The molecule has 1 aliphatic rings. The molecule has 0 saturated carbocycles. The number of hydrogen-bond acceptors (Lipinski definition) is 1. The van der Waals surface area contributed by atoms with Crippen LogP contribution in [0.3, 0.4) is 0 Å². The molecular formula is C10H12N2O. The van der Waals surface area contributed by atoms with Crippen molar-refractivity contribution in [3.05, 3.63) is 29.3 Å². The van der Waals surface area contributed by atoms with Gasteiger partial charge in [-0.25, -0.2) is 4.79 Å². The quantitative estimate of drug-likeness (QED) is 0.644. The summed E-state index contributed by atoms with van der Waals surface area (Å²) in [6.07, 6.45) is 0. The van der Waals surface area contributed by atoms with Crippen LogP contribution in [-0.2, 0) is 6.54 Å². The van der Waals surface area contributed by atoms with Crippen molar-refractivity contribution in [2.45, 2.75) is 13.5 Å². The van der Waals surface area contributed by atoms with E-state index in [9.17, 15) is 4.79 Å². The van der Waals surface area contributed by atoms with Crippen molar-refractivity contribution in [1.29, 1.82) is 0 Å². The number of amides is 2. The molecule has 0 spiro atoms. The Morgan fingerprint density at radius 2 is 2.23 bits per heavy atom. The number of carbonyl (C=O) groups excluding carboxylic acids is 1. The third-order valence-electron chi connectivity index (χ3n) is 2.26. The Morgan fingerprint density at radius 1 is 1.46 bits per heavy atom. The van der Waals surface area contributed by atoms with Crippen molar-refractivity contribution in [3.63, 3.8) is 0 Å². The zero-order chi connectivity index (χ0) is 9.42. The van der Waals surface area contributed by atoms with Crippen LogP contribution in [-0.4, -0.2) is 18.0 Å². The molecule has 0 aliphatic carbocycles. The highest BCUT2D eigenvalue weighted by atomic mass is 16.2. The molecule has 0 fully saturated rings. The molecule has 2 amide bonds. The van der Waals surface area contributed by atoms with E-state index in [-0.39, 0.29) is 6.03 Å². The van der Waals surface area contributed by atoms with Crippen LogP contribution in [0, 0.1) is 6.92 Å². The van der Waals surface area contributed by atoms with Crippen LogP contribution in [0.25, 0.3) is 0 Å². The largest absolute Gasteiger partial charge is 0.323 e. The van der Waals surface area contributed by atoms with Crippen LogP contribution in [0.4, 0.5) is 10.5 Å². The van der Waals surface area contributed by atoms with Gasteiger partial charge >= 0.3 is 6.03 Å². The van der Waals surface area contributed by atoms with E-state index >= 15 is 0 Å². The maximum atomic E-state index is 11.3. The summed E-state index contributed by atoms with van der Waals surface area (Å²) in [6, 6.07) is 6.03. The molecule has 1 aromatic carbocycles. The van der Waals surface area contributed by atoms with Gasteiger partial charge in [0.15, 0.2) is 0 Å². The van der Waals surface area contributed by atoms with Gasteiger partial charge < -0.3 is 10.2 Å². The average molecular weight is 176 g/mol. The number of urea groups is 1. The van der Waals surface area contributed by atoms with Gasteiger partial charge in [0, 0.05) is 19.3 Å². The van der Waals surface area contributed by atoms with Gasteiger partial charge in [0.2, 0.25) is 0 Å². The fourth-order valence-corrected chi connectivity index (χ4v) is 1.51. The summed E-state index contributed by atoms with van der Waals surface area (Å²) in [5, 5.41) is 2.82. The molecule has 1 aromatic rings. The highest BCUT2D eigenvalue weighted by Crippen LogP contribution is 2.22. The van der Waals surface area contributed by atoms with E-state index in [1.807, 2.05) is 12.1 Å². The fourth-order valence-electron chi connectivity index (χ4n) is 1.51. The molecule has 1 N–H and O–H groups in total. The van der Waals surface area contributed by atoms with E-state index in [0.29, 0.717) is 6.54 Å². The maximum absolute atomic E-state index is 11.3. The SMILES string of the molecule is Cc1ccc2c(c1)CN(C)C(=O)N2. The zero-order valence-electron chi connectivity index (χ0n) is 7.79. The van der Waals surface area contributed by atoms with Crippen molar-refractivity contribution < 1.29 is 4.79 Å². The Labute approximate surface area is 77.4 Å². The lowest BCUT2D eigenvalue weighted by molar-refractivity contribution is 0.218. The number of benzene rings is 1. The third kappa shape index (κ3) is 1.37. The number of aryl methyl sites for hydroxylation is 1. The molecule has 0 atom stereocenters. The lowest BCUT2D eigenvalue weighted by Crippen LogP contribution is -2.35. The van der Waals surface area contributed by atoms with Gasteiger partial charge in [-0.15, -0.1) is 0 Å². The number of carbonyl (C=O) groups is 1. The van der Waals surface area contributed by atoms with Gasteiger partial charge in [0.25, 0.3) is 0 Å². The predicted molar refractivity (Wildman–Crippen MR) is 51.7 cm³/mol. The number of hydrogen-bond donors (Lipinski definition) is 1. The summed E-state index contributed by atoms with van der Waals surface area (Å²) in [4.78, 5) is 12.9. The van der Waals surface area contributed by atoms with Gasteiger partial charge in [0.05, 0.1) is 0 Å². The number of nitrogens with zero attached hydrogens (tertiary/aromatic N) is 1. The second kappa shape index (κ2) is 2.76. The first kappa shape index (κ1) is 8.10. The normalized spacial score (nSPS) is 15.2. The van der Waals surface area contributed by atoms with Crippen molar-refractivity contribution in [2.24, 2.45) is 0 Å². The first-order valence-corrected chi connectivity index (χ1v) is 4.28. The molecule has 0 bridgehead atoms. The Hall–Kier alpha value is -1.51. The Bertz CT molecular complexity index is 360. The van der Waals surface area contributed by atoms with E-state index in [2.05, 4.69) is 18.3 Å². The van der Waals surface area contributed by atoms with Crippen LogP contribution in [0.2, 0.25) is 0 Å². The summed E-state index contributed by atoms with van der Waals surface area (Å²) in [5.74, 6) is 0. The Kier molecular flexibility index (Phi) is 1.72. The summed E-state index contributed by atoms with van der Waals surface area (Å²) >= 11 is 0. The molecule has 13 heavy (non-hydrogen) atoms. The van der Waals surface area contributed by atoms with E-state index in [4.69, 9.17) is 0 Å². The van der Waals surface area contributed by atoms with Crippen molar-refractivity contribution >= 4 is 11.7 Å². The smallest absolute Gasteiger partial charge is 0.321 e. The molecule has 1 heterocycles. The minimum Gasteiger partial charge on any atom is -0.323 e. The van der Waals surface area contributed by atoms with Gasteiger partial charge in [0.1, 0.15) is 0 Å². The topological polar surface area (TPSA) is 32.3 Å². The van der Waals surface area contributed by atoms with Crippen molar-refractivity contribution in [1.82, 2.24) is 4.90 Å². The zero-order valence-corrected chi connectivity index (χ0v) is 7.79. The summed E-state index contributed by atoms with van der Waals surface area (Å²) < 4.78 is 0. The monoisotopic (exact) mass is 176 g/mol.